The van der Waals surface area contributed by atoms with Crippen molar-refractivity contribution in [2.75, 3.05) is 18.2 Å². The number of aliphatic hydroxyl groups is 1. The van der Waals surface area contributed by atoms with Crippen LogP contribution in [0.1, 0.15) is 24.2 Å². The molecule has 1 aromatic rings. The van der Waals surface area contributed by atoms with Crippen molar-refractivity contribution in [3.05, 3.63) is 33.9 Å². The monoisotopic (exact) mass is 298 g/mol. The van der Waals surface area contributed by atoms with Crippen molar-refractivity contribution in [1.29, 1.82) is 0 Å². The fourth-order valence-corrected chi connectivity index (χ4v) is 2.48. The molecule has 110 valence electrons. The standard InChI is InChI=1S/C13H18N2O4S/c1-8(13(7-16)20-3)14-10-4-5-12(15(18)19)11(6-10)9(2)17/h4-6,8,13-14,16H,7H2,1-3H3/t8-,13-/m1/s1. The molecule has 0 aromatic heterocycles. The van der Waals surface area contributed by atoms with Gasteiger partial charge in [-0.05, 0) is 32.2 Å². The lowest BCUT2D eigenvalue weighted by molar-refractivity contribution is -0.385. The molecule has 2 atom stereocenters. The molecule has 0 radical (unpaired) electrons. The summed E-state index contributed by atoms with van der Waals surface area (Å²) in [7, 11) is 0. The SMILES string of the molecule is CS[C@H](CO)[C@@H](C)Nc1ccc([N+](=O)[O-])c(C(C)=O)c1. The van der Waals surface area contributed by atoms with Crippen molar-refractivity contribution in [3.63, 3.8) is 0 Å². The zero-order valence-electron chi connectivity index (χ0n) is 11.6. The molecule has 0 aliphatic heterocycles. The lowest BCUT2D eigenvalue weighted by atomic mass is 10.1. The highest BCUT2D eigenvalue weighted by Gasteiger charge is 2.20. The summed E-state index contributed by atoms with van der Waals surface area (Å²) < 4.78 is 0. The fraction of sp³-hybridized carbons (Fsp3) is 0.462. The van der Waals surface area contributed by atoms with Crippen molar-refractivity contribution in [3.8, 4) is 0 Å². The minimum absolute atomic E-state index is 0.00553. The van der Waals surface area contributed by atoms with Crippen LogP contribution < -0.4 is 5.32 Å². The van der Waals surface area contributed by atoms with Crippen LogP contribution in [0.15, 0.2) is 18.2 Å². The Morgan fingerprint density at radius 3 is 2.65 bits per heavy atom. The number of nitro groups is 1. The topological polar surface area (TPSA) is 92.5 Å². The number of nitrogens with one attached hydrogen (secondary N) is 1. The summed E-state index contributed by atoms with van der Waals surface area (Å²) in [6.45, 7) is 3.24. The summed E-state index contributed by atoms with van der Waals surface area (Å²) in [6, 6.07) is 4.33. The number of thioether (sulfide) groups is 1. The van der Waals surface area contributed by atoms with Gasteiger partial charge in [0, 0.05) is 23.0 Å². The zero-order valence-corrected chi connectivity index (χ0v) is 12.4. The van der Waals surface area contributed by atoms with Gasteiger partial charge in [0.1, 0.15) is 0 Å². The summed E-state index contributed by atoms with van der Waals surface area (Å²) in [5.74, 6) is -0.350. The van der Waals surface area contributed by atoms with Crippen LogP contribution >= 0.6 is 11.8 Å². The van der Waals surface area contributed by atoms with Crippen molar-refractivity contribution < 1.29 is 14.8 Å². The number of carbonyl (C=O) groups is 1. The van der Waals surface area contributed by atoms with Gasteiger partial charge in [-0.3, -0.25) is 14.9 Å². The molecule has 6 nitrogen and oxygen atoms in total. The first kappa shape index (κ1) is 16.5. The molecule has 0 saturated heterocycles. The van der Waals surface area contributed by atoms with Crippen LogP contribution in [0, 0.1) is 10.1 Å². The largest absolute Gasteiger partial charge is 0.395 e. The second-order valence-electron chi connectivity index (χ2n) is 4.43. The number of hydrogen-bond donors (Lipinski definition) is 2. The molecule has 0 saturated carbocycles. The van der Waals surface area contributed by atoms with Gasteiger partial charge in [-0.15, -0.1) is 0 Å². The molecule has 0 spiro atoms. The van der Waals surface area contributed by atoms with E-state index in [0.717, 1.165) is 0 Å². The molecular formula is C13H18N2O4S. The molecule has 1 aromatic carbocycles. The van der Waals surface area contributed by atoms with E-state index in [0.29, 0.717) is 5.69 Å². The van der Waals surface area contributed by atoms with Gasteiger partial charge in [0.2, 0.25) is 0 Å². The highest BCUT2D eigenvalue weighted by molar-refractivity contribution is 7.99. The van der Waals surface area contributed by atoms with E-state index in [-0.39, 0.29) is 34.9 Å². The third-order valence-corrected chi connectivity index (χ3v) is 4.17. The van der Waals surface area contributed by atoms with E-state index in [4.69, 9.17) is 0 Å². The van der Waals surface area contributed by atoms with Crippen LogP contribution in [-0.4, -0.2) is 40.0 Å². The Kier molecular flexibility index (Phi) is 5.97. The normalized spacial score (nSPS) is 13.6. The molecule has 0 fully saturated rings. The first-order valence-electron chi connectivity index (χ1n) is 6.10. The quantitative estimate of drug-likeness (QED) is 0.456. The second kappa shape index (κ2) is 7.25. The minimum Gasteiger partial charge on any atom is -0.395 e. The van der Waals surface area contributed by atoms with Gasteiger partial charge in [0.05, 0.1) is 17.1 Å². The van der Waals surface area contributed by atoms with Crippen LogP contribution in [0.25, 0.3) is 0 Å². The highest BCUT2D eigenvalue weighted by atomic mass is 32.2. The van der Waals surface area contributed by atoms with Crippen molar-refractivity contribution in [2.24, 2.45) is 0 Å². The Hall–Kier alpha value is -1.60. The van der Waals surface area contributed by atoms with E-state index in [1.165, 1.54) is 30.8 Å². The van der Waals surface area contributed by atoms with Gasteiger partial charge in [0.15, 0.2) is 5.78 Å². The number of aliphatic hydroxyl groups excluding tert-OH is 1. The third-order valence-electron chi connectivity index (χ3n) is 3.01. The van der Waals surface area contributed by atoms with E-state index >= 15 is 0 Å². The predicted octanol–water partition coefficient (Wildman–Crippen LogP) is 2.32. The van der Waals surface area contributed by atoms with Crippen LogP contribution in [0.4, 0.5) is 11.4 Å². The molecule has 2 N–H and O–H groups in total. The van der Waals surface area contributed by atoms with Gasteiger partial charge < -0.3 is 10.4 Å². The van der Waals surface area contributed by atoms with Gasteiger partial charge in [-0.2, -0.15) is 11.8 Å². The van der Waals surface area contributed by atoms with E-state index in [2.05, 4.69) is 5.32 Å². The molecule has 0 aliphatic carbocycles. The third kappa shape index (κ3) is 3.94. The van der Waals surface area contributed by atoms with Gasteiger partial charge in [-0.1, -0.05) is 0 Å². The Labute approximate surface area is 121 Å². The first-order chi connectivity index (χ1) is 9.40. The molecule has 0 bridgehead atoms. The smallest absolute Gasteiger partial charge is 0.280 e. The van der Waals surface area contributed by atoms with Crippen LogP contribution in [0.5, 0.6) is 0 Å². The lowest BCUT2D eigenvalue weighted by Gasteiger charge is -2.22. The van der Waals surface area contributed by atoms with E-state index in [1.807, 2.05) is 13.2 Å². The van der Waals surface area contributed by atoms with Gasteiger partial charge >= 0.3 is 0 Å². The molecule has 1 rings (SSSR count). The van der Waals surface area contributed by atoms with E-state index in [1.54, 1.807) is 6.07 Å². The summed E-state index contributed by atoms with van der Waals surface area (Å²) in [5, 5.41) is 23.2. The maximum Gasteiger partial charge on any atom is 0.280 e. The van der Waals surface area contributed by atoms with Crippen molar-refractivity contribution >= 4 is 28.9 Å². The van der Waals surface area contributed by atoms with Gasteiger partial charge in [0.25, 0.3) is 5.69 Å². The first-order valence-corrected chi connectivity index (χ1v) is 7.39. The molecule has 0 unspecified atom stereocenters. The maximum absolute atomic E-state index is 11.5. The maximum atomic E-state index is 11.5. The highest BCUT2D eigenvalue weighted by Crippen LogP contribution is 2.24. The Bertz CT molecular complexity index is 503. The number of hydrogen-bond acceptors (Lipinski definition) is 6. The number of ketones is 1. The number of Topliss-reactive ketones (excluding diaryl/α,β-unsaturated/α-hetero) is 1. The number of carbonyl (C=O) groups excluding carboxylic acids is 1. The Balaban J connectivity index is 3.01. The molecule has 0 heterocycles. The van der Waals surface area contributed by atoms with Crippen LogP contribution in [-0.2, 0) is 0 Å². The van der Waals surface area contributed by atoms with E-state index in [9.17, 15) is 20.0 Å². The lowest BCUT2D eigenvalue weighted by Crippen LogP contribution is -2.31. The average molecular weight is 298 g/mol. The summed E-state index contributed by atoms with van der Waals surface area (Å²) >= 11 is 1.53. The number of benzene rings is 1. The second-order valence-corrected chi connectivity index (χ2v) is 5.51. The Morgan fingerprint density at radius 2 is 2.20 bits per heavy atom. The summed E-state index contributed by atoms with van der Waals surface area (Å²) in [4.78, 5) is 21.8. The zero-order chi connectivity index (χ0) is 15.3. The number of nitro benzene ring substituents is 1. The van der Waals surface area contributed by atoms with E-state index < -0.39 is 4.92 Å². The van der Waals surface area contributed by atoms with Crippen molar-refractivity contribution in [2.45, 2.75) is 25.1 Å². The van der Waals surface area contributed by atoms with Crippen molar-refractivity contribution in [1.82, 2.24) is 0 Å². The number of nitrogens with zero attached hydrogens (tertiary/aromatic N) is 1. The minimum atomic E-state index is -0.567. The average Bonchev–Trinajstić information content (AvgIpc) is 2.39. The van der Waals surface area contributed by atoms with Gasteiger partial charge in [-0.25, -0.2) is 0 Å². The summed E-state index contributed by atoms with van der Waals surface area (Å²) in [5.41, 5.74) is 0.511. The fourth-order valence-electron chi connectivity index (χ4n) is 1.86. The van der Waals surface area contributed by atoms with Crippen LogP contribution in [0.3, 0.4) is 0 Å². The number of anilines is 1. The summed E-state index contributed by atoms with van der Waals surface area (Å²) in [6.07, 6.45) is 1.90. The molecule has 0 amide bonds. The molecular weight excluding hydrogens is 280 g/mol. The van der Waals surface area contributed by atoms with Crippen LogP contribution in [0.2, 0.25) is 0 Å². The molecule has 0 aliphatic rings. The Morgan fingerprint density at radius 1 is 1.55 bits per heavy atom. The molecule has 20 heavy (non-hydrogen) atoms. The number of rotatable bonds is 7. The molecule has 7 heteroatoms. The predicted molar refractivity (Wildman–Crippen MR) is 80.6 cm³/mol.